The second-order valence-corrected chi connectivity index (χ2v) is 6.37. The predicted molar refractivity (Wildman–Crippen MR) is 110 cm³/mol. The van der Waals surface area contributed by atoms with Gasteiger partial charge in [-0.1, -0.05) is 12.1 Å². The SMILES string of the molecule is CN(C)C(=O)c1ccc(Nc2cc(Nc3ccccc3C(N)=O)ccn2)cc1. The van der Waals surface area contributed by atoms with Crippen LogP contribution in [0.3, 0.4) is 0 Å². The standard InChI is InChI=1S/C21H21N5O2/c1-26(2)21(28)14-7-9-15(10-8-14)25-19-13-16(11-12-23-19)24-18-6-4-3-5-17(18)20(22)27/h3-13H,1-2H3,(H2,22,27)(H2,23,24,25). The van der Waals surface area contributed by atoms with Crippen molar-refractivity contribution in [3.63, 3.8) is 0 Å². The summed E-state index contributed by atoms with van der Waals surface area (Å²) in [5, 5.41) is 6.38. The molecule has 2 amide bonds. The van der Waals surface area contributed by atoms with Crippen molar-refractivity contribution < 1.29 is 9.59 Å². The number of hydrogen-bond acceptors (Lipinski definition) is 5. The van der Waals surface area contributed by atoms with E-state index in [0.717, 1.165) is 11.4 Å². The maximum atomic E-state index is 12.0. The van der Waals surface area contributed by atoms with E-state index in [1.807, 2.05) is 24.3 Å². The number of aromatic nitrogens is 1. The van der Waals surface area contributed by atoms with Crippen molar-refractivity contribution in [1.82, 2.24) is 9.88 Å². The molecular formula is C21H21N5O2. The molecule has 1 heterocycles. The van der Waals surface area contributed by atoms with Crippen molar-refractivity contribution in [1.29, 1.82) is 0 Å². The third-order valence-electron chi connectivity index (χ3n) is 4.04. The lowest BCUT2D eigenvalue weighted by Crippen LogP contribution is -2.21. The molecule has 0 spiro atoms. The van der Waals surface area contributed by atoms with Crippen LogP contribution in [0.15, 0.2) is 66.9 Å². The highest BCUT2D eigenvalue weighted by molar-refractivity contribution is 5.99. The van der Waals surface area contributed by atoms with Crippen LogP contribution in [0, 0.1) is 0 Å². The number of rotatable bonds is 6. The van der Waals surface area contributed by atoms with E-state index >= 15 is 0 Å². The van der Waals surface area contributed by atoms with Gasteiger partial charge >= 0.3 is 0 Å². The number of pyridine rings is 1. The molecule has 0 aliphatic rings. The van der Waals surface area contributed by atoms with E-state index in [1.165, 1.54) is 4.90 Å². The van der Waals surface area contributed by atoms with E-state index in [9.17, 15) is 9.59 Å². The number of nitrogens with two attached hydrogens (primary N) is 1. The number of anilines is 4. The van der Waals surface area contributed by atoms with Crippen LogP contribution in [0.25, 0.3) is 0 Å². The zero-order valence-electron chi connectivity index (χ0n) is 15.6. The average Bonchev–Trinajstić information content (AvgIpc) is 2.68. The lowest BCUT2D eigenvalue weighted by Gasteiger charge is -2.13. The molecule has 2 aromatic carbocycles. The van der Waals surface area contributed by atoms with E-state index in [0.29, 0.717) is 22.6 Å². The summed E-state index contributed by atoms with van der Waals surface area (Å²) in [6.45, 7) is 0. The van der Waals surface area contributed by atoms with Crippen LogP contribution < -0.4 is 16.4 Å². The fourth-order valence-electron chi connectivity index (χ4n) is 2.64. The van der Waals surface area contributed by atoms with Gasteiger partial charge in [-0.2, -0.15) is 0 Å². The summed E-state index contributed by atoms with van der Waals surface area (Å²) < 4.78 is 0. The molecule has 0 atom stereocenters. The molecule has 28 heavy (non-hydrogen) atoms. The molecular weight excluding hydrogens is 354 g/mol. The van der Waals surface area contributed by atoms with Crippen LogP contribution in [-0.4, -0.2) is 35.8 Å². The summed E-state index contributed by atoms with van der Waals surface area (Å²) in [7, 11) is 3.43. The van der Waals surface area contributed by atoms with Crippen molar-refractivity contribution in [2.45, 2.75) is 0 Å². The zero-order chi connectivity index (χ0) is 20.1. The second kappa shape index (κ2) is 8.22. The first-order valence-electron chi connectivity index (χ1n) is 8.64. The minimum atomic E-state index is -0.497. The summed E-state index contributed by atoms with van der Waals surface area (Å²) in [5.41, 5.74) is 8.63. The van der Waals surface area contributed by atoms with E-state index < -0.39 is 5.91 Å². The first kappa shape index (κ1) is 18.9. The molecule has 7 nitrogen and oxygen atoms in total. The lowest BCUT2D eigenvalue weighted by molar-refractivity contribution is 0.0827. The number of carbonyl (C=O) groups excluding carboxylic acids is 2. The van der Waals surface area contributed by atoms with Gasteiger partial charge in [0.05, 0.1) is 11.3 Å². The second-order valence-electron chi connectivity index (χ2n) is 6.37. The highest BCUT2D eigenvalue weighted by Gasteiger charge is 2.09. The number of para-hydroxylation sites is 1. The predicted octanol–water partition coefficient (Wildman–Crippen LogP) is 3.37. The van der Waals surface area contributed by atoms with Crippen molar-refractivity contribution >= 4 is 34.7 Å². The molecule has 0 aliphatic carbocycles. The molecule has 7 heteroatoms. The van der Waals surface area contributed by atoms with Crippen LogP contribution >= 0.6 is 0 Å². The molecule has 3 aromatic rings. The minimum absolute atomic E-state index is 0.0519. The van der Waals surface area contributed by atoms with E-state index in [-0.39, 0.29) is 5.91 Å². The highest BCUT2D eigenvalue weighted by Crippen LogP contribution is 2.23. The van der Waals surface area contributed by atoms with Crippen molar-refractivity contribution in [2.75, 3.05) is 24.7 Å². The first-order chi connectivity index (χ1) is 13.4. The van der Waals surface area contributed by atoms with Gasteiger partial charge in [0.25, 0.3) is 11.8 Å². The number of nitrogens with one attached hydrogen (secondary N) is 2. The Morgan fingerprint density at radius 1 is 0.929 bits per heavy atom. The summed E-state index contributed by atoms with van der Waals surface area (Å²) in [6.07, 6.45) is 1.65. The van der Waals surface area contributed by atoms with Gasteiger partial charge in [0.2, 0.25) is 0 Å². The number of benzene rings is 2. The third-order valence-corrected chi connectivity index (χ3v) is 4.04. The lowest BCUT2D eigenvalue weighted by atomic mass is 10.1. The summed E-state index contributed by atoms with van der Waals surface area (Å²) in [5.74, 6) is 0.0695. The van der Waals surface area contributed by atoms with Crippen LogP contribution in [0.2, 0.25) is 0 Å². The maximum absolute atomic E-state index is 12.0. The molecule has 1 aromatic heterocycles. The fraction of sp³-hybridized carbons (Fsp3) is 0.0952. The van der Waals surface area contributed by atoms with Gasteiger partial charge in [-0.3, -0.25) is 9.59 Å². The molecule has 0 aliphatic heterocycles. The Morgan fingerprint density at radius 2 is 1.64 bits per heavy atom. The molecule has 142 valence electrons. The van der Waals surface area contributed by atoms with Gasteiger partial charge < -0.3 is 21.3 Å². The Balaban J connectivity index is 1.75. The zero-order valence-corrected chi connectivity index (χ0v) is 15.6. The van der Waals surface area contributed by atoms with Crippen molar-refractivity contribution in [3.05, 3.63) is 78.0 Å². The number of hydrogen-bond donors (Lipinski definition) is 3. The highest BCUT2D eigenvalue weighted by atomic mass is 16.2. The van der Waals surface area contributed by atoms with Crippen molar-refractivity contribution in [3.8, 4) is 0 Å². The summed E-state index contributed by atoms with van der Waals surface area (Å²) in [4.78, 5) is 29.4. The minimum Gasteiger partial charge on any atom is -0.366 e. The smallest absolute Gasteiger partial charge is 0.253 e. The van der Waals surface area contributed by atoms with Crippen molar-refractivity contribution in [2.24, 2.45) is 5.73 Å². The first-order valence-corrected chi connectivity index (χ1v) is 8.64. The molecule has 0 fully saturated rings. The van der Waals surface area contributed by atoms with Gasteiger partial charge in [0, 0.05) is 43.3 Å². The average molecular weight is 375 g/mol. The molecule has 3 rings (SSSR count). The largest absolute Gasteiger partial charge is 0.366 e. The normalized spacial score (nSPS) is 10.2. The van der Waals surface area contributed by atoms with Gasteiger partial charge in [0.15, 0.2) is 0 Å². The quantitative estimate of drug-likeness (QED) is 0.613. The Hall–Kier alpha value is -3.87. The van der Waals surface area contributed by atoms with Gasteiger partial charge in [0.1, 0.15) is 5.82 Å². The number of amides is 2. The molecule has 4 N–H and O–H groups in total. The molecule has 0 unspecified atom stereocenters. The number of nitrogens with zero attached hydrogens (tertiary/aromatic N) is 2. The summed E-state index contributed by atoms with van der Waals surface area (Å²) in [6, 6.07) is 17.8. The molecule has 0 bridgehead atoms. The third kappa shape index (κ3) is 4.45. The summed E-state index contributed by atoms with van der Waals surface area (Å²) >= 11 is 0. The van der Waals surface area contributed by atoms with E-state index in [2.05, 4.69) is 15.6 Å². The Bertz CT molecular complexity index is 1000. The Morgan fingerprint density at radius 3 is 2.32 bits per heavy atom. The molecule has 0 saturated carbocycles. The number of primary amides is 1. The topological polar surface area (TPSA) is 100 Å². The van der Waals surface area contributed by atoms with E-state index in [1.54, 1.807) is 56.7 Å². The molecule has 0 radical (unpaired) electrons. The van der Waals surface area contributed by atoms with Crippen LogP contribution in [0.4, 0.5) is 22.9 Å². The van der Waals surface area contributed by atoms with Crippen LogP contribution in [0.1, 0.15) is 20.7 Å². The van der Waals surface area contributed by atoms with Gasteiger partial charge in [-0.05, 0) is 42.5 Å². The number of carbonyl (C=O) groups is 2. The maximum Gasteiger partial charge on any atom is 0.253 e. The van der Waals surface area contributed by atoms with Gasteiger partial charge in [-0.25, -0.2) is 4.98 Å². The Labute approximate surface area is 163 Å². The van der Waals surface area contributed by atoms with Gasteiger partial charge in [-0.15, -0.1) is 0 Å². The van der Waals surface area contributed by atoms with Crippen LogP contribution in [0.5, 0.6) is 0 Å². The monoisotopic (exact) mass is 375 g/mol. The van der Waals surface area contributed by atoms with E-state index in [4.69, 9.17) is 5.73 Å². The van der Waals surface area contributed by atoms with Crippen LogP contribution in [-0.2, 0) is 0 Å². The molecule has 0 saturated heterocycles. The fourth-order valence-corrected chi connectivity index (χ4v) is 2.64. The Kier molecular flexibility index (Phi) is 5.55.